The molecular formula is C17H24N4. The molecule has 0 atom stereocenters. The lowest BCUT2D eigenvalue weighted by molar-refractivity contribution is 0.206. The standard InChI is InChI=1S/C17H24N4/c1-13-3-4-14(12-21-7-5-16(18)6-8-21)17(9-13)15-10-19-20(2)11-15/h3-4,9-11,16H,5-8,12,18H2,1-2H3. The van der Waals surface area contributed by atoms with Gasteiger partial charge in [-0.1, -0.05) is 23.8 Å². The number of rotatable bonds is 3. The first kappa shape index (κ1) is 14.3. The highest BCUT2D eigenvalue weighted by molar-refractivity contribution is 5.66. The van der Waals surface area contributed by atoms with Crippen LogP contribution in [0.1, 0.15) is 24.0 Å². The highest BCUT2D eigenvalue weighted by atomic mass is 15.2. The average molecular weight is 284 g/mol. The third-order valence-electron chi connectivity index (χ3n) is 4.31. The van der Waals surface area contributed by atoms with Crippen LogP contribution in [0.15, 0.2) is 30.6 Å². The quantitative estimate of drug-likeness (QED) is 0.941. The number of nitrogens with zero attached hydrogens (tertiary/aromatic N) is 3. The molecule has 1 aliphatic heterocycles. The molecule has 0 aliphatic carbocycles. The van der Waals surface area contributed by atoms with Crippen molar-refractivity contribution in [3.05, 3.63) is 41.7 Å². The fourth-order valence-electron chi connectivity index (χ4n) is 3.01. The van der Waals surface area contributed by atoms with Gasteiger partial charge in [-0.3, -0.25) is 9.58 Å². The van der Waals surface area contributed by atoms with Crippen molar-refractivity contribution in [2.45, 2.75) is 32.4 Å². The average Bonchev–Trinajstić information content (AvgIpc) is 2.90. The summed E-state index contributed by atoms with van der Waals surface area (Å²) >= 11 is 0. The molecule has 0 unspecified atom stereocenters. The van der Waals surface area contributed by atoms with E-state index in [0.717, 1.165) is 32.5 Å². The zero-order valence-electron chi connectivity index (χ0n) is 12.9. The minimum atomic E-state index is 0.386. The summed E-state index contributed by atoms with van der Waals surface area (Å²) in [4.78, 5) is 2.51. The zero-order chi connectivity index (χ0) is 14.8. The fourth-order valence-corrected chi connectivity index (χ4v) is 3.01. The molecule has 1 aliphatic rings. The molecule has 2 N–H and O–H groups in total. The zero-order valence-corrected chi connectivity index (χ0v) is 12.9. The summed E-state index contributed by atoms with van der Waals surface area (Å²) in [6, 6.07) is 7.11. The first-order chi connectivity index (χ1) is 10.1. The first-order valence-corrected chi connectivity index (χ1v) is 7.68. The van der Waals surface area contributed by atoms with Gasteiger partial charge in [0.25, 0.3) is 0 Å². The van der Waals surface area contributed by atoms with Crippen molar-refractivity contribution in [2.75, 3.05) is 13.1 Å². The molecule has 0 radical (unpaired) electrons. The Morgan fingerprint density at radius 1 is 1.29 bits per heavy atom. The van der Waals surface area contributed by atoms with Crippen LogP contribution in [0.4, 0.5) is 0 Å². The van der Waals surface area contributed by atoms with Gasteiger partial charge in [-0.25, -0.2) is 0 Å². The van der Waals surface area contributed by atoms with Crippen LogP contribution >= 0.6 is 0 Å². The lowest BCUT2D eigenvalue weighted by atomic mass is 9.98. The van der Waals surface area contributed by atoms with E-state index in [1.54, 1.807) is 0 Å². The summed E-state index contributed by atoms with van der Waals surface area (Å²) in [5.41, 5.74) is 11.2. The summed E-state index contributed by atoms with van der Waals surface area (Å²) in [7, 11) is 1.96. The van der Waals surface area contributed by atoms with E-state index in [1.165, 1.54) is 22.3 Å². The van der Waals surface area contributed by atoms with Crippen molar-refractivity contribution in [3.63, 3.8) is 0 Å². The minimum absolute atomic E-state index is 0.386. The Hall–Kier alpha value is -1.65. The van der Waals surface area contributed by atoms with E-state index in [-0.39, 0.29) is 0 Å². The van der Waals surface area contributed by atoms with Gasteiger partial charge in [-0.05, 0) is 44.0 Å². The molecule has 3 rings (SSSR count). The van der Waals surface area contributed by atoms with Crippen molar-refractivity contribution in [2.24, 2.45) is 12.8 Å². The van der Waals surface area contributed by atoms with Gasteiger partial charge in [0, 0.05) is 31.4 Å². The molecule has 112 valence electrons. The molecular weight excluding hydrogens is 260 g/mol. The number of nitrogens with two attached hydrogens (primary N) is 1. The Labute approximate surface area is 126 Å². The maximum Gasteiger partial charge on any atom is 0.0568 e. The molecule has 0 amide bonds. The molecule has 4 nitrogen and oxygen atoms in total. The van der Waals surface area contributed by atoms with Gasteiger partial charge in [-0.15, -0.1) is 0 Å². The van der Waals surface area contributed by atoms with E-state index in [2.05, 4.69) is 41.3 Å². The number of hydrogen-bond acceptors (Lipinski definition) is 3. The Balaban J connectivity index is 1.84. The fraction of sp³-hybridized carbons (Fsp3) is 0.471. The molecule has 21 heavy (non-hydrogen) atoms. The van der Waals surface area contributed by atoms with E-state index in [9.17, 15) is 0 Å². The van der Waals surface area contributed by atoms with Gasteiger partial charge in [0.1, 0.15) is 0 Å². The number of aromatic nitrogens is 2. The molecule has 1 aromatic heterocycles. The van der Waals surface area contributed by atoms with Gasteiger partial charge in [0.15, 0.2) is 0 Å². The summed E-state index contributed by atoms with van der Waals surface area (Å²) in [6.45, 7) is 5.34. The number of hydrogen-bond donors (Lipinski definition) is 1. The van der Waals surface area contributed by atoms with Crippen LogP contribution in [0.3, 0.4) is 0 Å². The van der Waals surface area contributed by atoms with Gasteiger partial charge >= 0.3 is 0 Å². The monoisotopic (exact) mass is 284 g/mol. The van der Waals surface area contributed by atoms with E-state index in [1.807, 2.05) is 17.9 Å². The highest BCUT2D eigenvalue weighted by Crippen LogP contribution is 2.26. The van der Waals surface area contributed by atoms with Crippen LogP contribution in [0.2, 0.25) is 0 Å². The summed E-state index contributed by atoms with van der Waals surface area (Å²) in [5.74, 6) is 0. The number of piperidine rings is 1. The maximum absolute atomic E-state index is 6.00. The second-order valence-corrected chi connectivity index (χ2v) is 6.18. The van der Waals surface area contributed by atoms with E-state index >= 15 is 0 Å². The van der Waals surface area contributed by atoms with Crippen LogP contribution in [-0.2, 0) is 13.6 Å². The Bertz CT molecular complexity index is 609. The summed E-state index contributed by atoms with van der Waals surface area (Å²) < 4.78 is 1.86. The van der Waals surface area contributed by atoms with E-state index in [4.69, 9.17) is 5.73 Å². The number of likely N-dealkylation sites (tertiary alicyclic amines) is 1. The maximum atomic E-state index is 6.00. The third kappa shape index (κ3) is 3.34. The van der Waals surface area contributed by atoms with Crippen LogP contribution in [-0.4, -0.2) is 33.8 Å². The highest BCUT2D eigenvalue weighted by Gasteiger charge is 2.17. The summed E-state index contributed by atoms with van der Waals surface area (Å²) in [5, 5.41) is 4.31. The van der Waals surface area contributed by atoms with Crippen LogP contribution in [0, 0.1) is 6.92 Å². The Kier molecular flexibility index (Phi) is 4.08. The van der Waals surface area contributed by atoms with Gasteiger partial charge in [0.05, 0.1) is 6.20 Å². The van der Waals surface area contributed by atoms with Crippen molar-refractivity contribution in [1.29, 1.82) is 0 Å². The van der Waals surface area contributed by atoms with Crippen molar-refractivity contribution in [1.82, 2.24) is 14.7 Å². The second kappa shape index (κ2) is 6.00. The normalized spacial score (nSPS) is 17.3. The minimum Gasteiger partial charge on any atom is -0.328 e. The molecule has 0 saturated carbocycles. The van der Waals surface area contributed by atoms with Crippen molar-refractivity contribution in [3.8, 4) is 11.1 Å². The van der Waals surface area contributed by atoms with E-state index in [0.29, 0.717) is 6.04 Å². The molecule has 1 aromatic carbocycles. The lowest BCUT2D eigenvalue weighted by Crippen LogP contribution is -2.39. The van der Waals surface area contributed by atoms with Crippen LogP contribution < -0.4 is 5.73 Å². The lowest BCUT2D eigenvalue weighted by Gasteiger charge is -2.30. The predicted octanol–water partition coefficient (Wildman–Crippen LogP) is 2.32. The predicted molar refractivity (Wildman–Crippen MR) is 85.9 cm³/mol. The second-order valence-electron chi connectivity index (χ2n) is 6.18. The number of aryl methyl sites for hydroxylation is 2. The molecule has 2 aromatic rings. The molecule has 0 spiro atoms. The molecule has 1 saturated heterocycles. The Morgan fingerprint density at radius 2 is 2.05 bits per heavy atom. The molecule has 1 fully saturated rings. The van der Waals surface area contributed by atoms with Gasteiger partial charge < -0.3 is 5.73 Å². The largest absolute Gasteiger partial charge is 0.328 e. The SMILES string of the molecule is Cc1ccc(CN2CCC(N)CC2)c(-c2cnn(C)c2)c1. The van der Waals surface area contributed by atoms with E-state index < -0.39 is 0 Å². The molecule has 0 bridgehead atoms. The molecule has 2 heterocycles. The van der Waals surface area contributed by atoms with Crippen LogP contribution in [0.25, 0.3) is 11.1 Å². The van der Waals surface area contributed by atoms with Crippen LogP contribution in [0.5, 0.6) is 0 Å². The first-order valence-electron chi connectivity index (χ1n) is 7.68. The molecule has 4 heteroatoms. The van der Waals surface area contributed by atoms with Crippen molar-refractivity contribution < 1.29 is 0 Å². The van der Waals surface area contributed by atoms with Gasteiger partial charge in [-0.2, -0.15) is 5.10 Å². The third-order valence-corrected chi connectivity index (χ3v) is 4.31. The topological polar surface area (TPSA) is 47.1 Å². The number of benzene rings is 1. The van der Waals surface area contributed by atoms with Gasteiger partial charge in [0.2, 0.25) is 0 Å². The van der Waals surface area contributed by atoms with Crippen molar-refractivity contribution >= 4 is 0 Å². The Morgan fingerprint density at radius 3 is 2.71 bits per heavy atom. The smallest absolute Gasteiger partial charge is 0.0568 e. The summed E-state index contributed by atoms with van der Waals surface area (Å²) in [6.07, 6.45) is 6.25.